The molecule has 0 spiro atoms. The summed E-state index contributed by atoms with van der Waals surface area (Å²) in [6.07, 6.45) is 0.681. The van der Waals surface area contributed by atoms with Crippen LogP contribution in [0.1, 0.15) is 24.0 Å². The second-order valence-corrected chi connectivity index (χ2v) is 6.36. The predicted octanol–water partition coefficient (Wildman–Crippen LogP) is 3.79. The van der Waals surface area contributed by atoms with E-state index >= 15 is 0 Å². The lowest BCUT2D eigenvalue weighted by Crippen LogP contribution is -2.35. The quantitative estimate of drug-likeness (QED) is 0.911. The highest BCUT2D eigenvalue weighted by Gasteiger charge is 2.30. The van der Waals surface area contributed by atoms with Gasteiger partial charge in [-0.05, 0) is 61.8 Å². The number of carbonyl (C=O) groups is 1. The minimum absolute atomic E-state index is 0.256. The van der Waals surface area contributed by atoms with Gasteiger partial charge in [-0.25, -0.2) is 0 Å². The van der Waals surface area contributed by atoms with Crippen LogP contribution in [0, 0.1) is 5.92 Å². The van der Waals surface area contributed by atoms with E-state index in [2.05, 4.69) is 4.90 Å². The van der Waals surface area contributed by atoms with Gasteiger partial charge in [-0.2, -0.15) is 13.2 Å². The standard InChI is InChI=1S/C18H19F3N2O2/c19-18(20,21)15-1-3-16(4-2-15)23-10-5-13(12-23)11-22-8-6-14(7-9-22)17(24)25/h1-5,10,12,14H,6-9,11H2,(H,24,25). The van der Waals surface area contributed by atoms with Crippen molar-refractivity contribution in [2.75, 3.05) is 13.1 Å². The van der Waals surface area contributed by atoms with Crippen molar-refractivity contribution < 1.29 is 23.1 Å². The van der Waals surface area contributed by atoms with E-state index in [1.54, 1.807) is 4.57 Å². The zero-order chi connectivity index (χ0) is 18.0. The van der Waals surface area contributed by atoms with E-state index in [1.807, 2.05) is 18.5 Å². The number of aliphatic carboxylic acids is 1. The maximum atomic E-state index is 12.6. The van der Waals surface area contributed by atoms with Gasteiger partial charge in [-0.1, -0.05) is 0 Å². The number of piperidine rings is 1. The predicted molar refractivity (Wildman–Crippen MR) is 86.4 cm³/mol. The maximum absolute atomic E-state index is 12.6. The topological polar surface area (TPSA) is 45.5 Å². The van der Waals surface area contributed by atoms with Crippen LogP contribution in [0.2, 0.25) is 0 Å². The molecule has 1 fully saturated rings. The Bertz CT molecular complexity index is 730. The lowest BCUT2D eigenvalue weighted by Gasteiger charge is -2.29. The third-order valence-electron chi connectivity index (χ3n) is 4.59. The molecule has 134 valence electrons. The first-order valence-electron chi connectivity index (χ1n) is 8.12. The molecule has 0 radical (unpaired) electrons. The summed E-state index contributed by atoms with van der Waals surface area (Å²) < 4.78 is 39.6. The Kier molecular flexibility index (Phi) is 4.85. The molecule has 2 aromatic rings. The van der Waals surface area contributed by atoms with E-state index in [1.165, 1.54) is 12.1 Å². The Balaban J connectivity index is 1.62. The molecule has 1 aromatic carbocycles. The third-order valence-corrected chi connectivity index (χ3v) is 4.59. The average Bonchev–Trinajstić information content (AvgIpc) is 3.03. The summed E-state index contributed by atoms with van der Waals surface area (Å²) in [4.78, 5) is 13.2. The summed E-state index contributed by atoms with van der Waals surface area (Å²) in [6.45, 7) is 2.19. The van der Waals surface area contributed by atoms with Crippen molar-refractivity contribution in [1.82, 2.24) is 9.47 Å². The van der Waals surface area contributed by atoms with Crippen molar-refractivity contribution in [1.29, 1.82) is 0 Å². The van der Waals surface area contributed by atoms with Gasteiger partial charge in [-0.15, -0.1) is 0 Å². The molecule has 3 rings (SSSR count). The number of carboxylic acid groups (broad SMARTS) is 1. The van der Waals surface area contributed by atoms with Crippen LogP contribution in [-0.4, -0.2) is 33.6 Å². The lowest BCUT2D eigenvalue weighted by molar-refractivity contribution is -0.143. The molecule has 1 aliphatic rings. The zero-order valence-corrected chi connectivity index (χ0v) is 13.5. The fourth-order valence-corrected chi connectivity index (χ4v) is 3.11. The van der Waals surface area contributed by atoms with E-state index in [0.29, 0.717) is 25.1 Å². The van der Waals surface area contributed by atoms with Crippen molar-refractivity contribution in [2.24, 2.45) is 5.92 Å². The summed E-state index contributed by atoms with van der Waals surface area (Å²) in [5.74, 6) is -0.985. The molecule has 0 saturated carbocycles. The molecule has 2 heterocycles. The number of benzene rings is 1. The highest BCUT2D eigenvalue weighted by atomic mass is 19.4. The van der Waals surface area contributed by atoms with Crippen LogP contribution in [0.4, 0.5) is 13.2 Å². The molecule has 1 N–H and O–H groups in total. The lowest BCUT2D eigenvalue weighted by atomic mass is 9.97. The van der Waals surface area contributed by atoms with Gasteiger partial charge in [0.2, 0.25) is 0 Å². The normalized spacial score (nSPS) is 16.9. The highest BCUT2D eigenvalue weighted by molar-refractivity contribution is 5.70. The summed E-state index contributed by atoms with van der Waals surface area (Å²) >= 11 is 0. The van der Waals surface area contributed by atoms with E-state index in [4.69, 9.17) is 5.11 Å². The van der Waals surface area contributed by atoms with Gasteiger partial charge < -0.3 is 9.67 Å². The second-order valence-electron chi connectivity index (χ2n) is 6.36. The first kappa shape index (κ1) is 17.5. The number of alkyl halides is 3. The largest absolute Gasteiger partial charge is 0.481 e. The van der Waals surface area contributed by atoms with Crippen molar-refractivity contribution in [2.45, 2.75) is 25.6 Å². The number of carboxylic acids is 1. The Hall–Kier alpha value is -2.28. The highest BCUT2D eigenvalue weighted by Crippen LogP contribution is 2.29. The van der Waals surface area contributed by atoms with Gasteiger partial charge in [0, 0.05) is 24.6 Å². The molecule has 4 nitrogen and oxygen atoms in total. The summed E-state index contributed by atoms with van der Waals surface area (Å²) in [6, 6.07) is 6.98. The smallest absolute Gasteiger partial charge is 0.416 e. The van der Waals surface area contributed by atoms with Gasteiger partial charge >= 0.3 is 12.1 Å². The van der Waals surface area contributed by atoms with Crippen LogP contribution in [-0.2, 0) is 17.5 Å². The second kappa shape index (κ2) is 6.92. The van der Waals surface area contributed by atoms with E-state index in [9.17, 15) is 18.0 Å². The molecular formula is C18H19F3N2O2. The number of halogens is 3. The number of aromatic nitrogens is 1. The van der Waals surface area contributed by atoms with Crippen LogP contribution in [0.15, 0.2) is 42.7 Å². The van der Waals surface area contributed by atoms with Crippen molar-refractivity contribution in [3.8, 4) is 5.69 Å². The van der Waals surface area contributed by atoms with Crippen LogP contribution < -0.4 is 0 Å². The number of hydrogen-bond acceptors (Lipinski definition) is 2. The molecule has 0 atom stereocenters. The Morgan fingerprint density at radius 2 is 1.76 bits per heavy atom. The molecule has 0 amide bonds. The molecule has 25 heavy (non-hydrogen) atoms. The fourth-order valence-electron chi connectivity index (χ4n) is 3.11. The number of nitrogens with zero attached hydrogens (tertiary/aromatic N) is 2. The van der Waals surface area contributed by atoms with Gasteiger partial charge in [0.25, 0.3) is 0 Å². The summed E-state index contributed by atoms with van der Waals surface area (Å²) in [5, 5.41) is 9.02. The Morgan fingerprint density at radius 1 is 1.12 bits per heavy atom. The third kappa shape index (κ3) is 4.22. The minimum Gasteiger partial charge on any atom is -0.481 e. The first-order chi connectivity index (χ1) is 11.8. The van der Waals surface area contributed by atoms with E-state index < -0.39 is 17.7 Å². The number of likely N-dealkylation sites (tertiary alicyclic amines) is 1. The Morgan fingerprint density at radius 3 is 2.32 bits per heavy atom. The van der Waals surface area contributed by atoms with Gasteiger partial charge in [-0.3, -0.25) is 9.69 Å². The fraction of sp³-hybridized carbons (Fsp3) is 0.389. The average molecular weight is 352 g/mol. The SMILES string of the molecule is O=C(O)C1CCN(Cc2ccn(-c3ccc(C(F)(F)F)cc3)c2)CC1. The van der Waals surface area contributed by atoms with E-state index in [0.717, 1.165) is 30.8 Å². The molecule has 7 heteroatoms. The Labute approximate surface area is 143 Å². The minimum atomic E-state index is -4.33. The van der Waals surface area contributed by atoms with Crippen LogP contribution in [0.25, 0.3) is 5.69 Å². The molecule has 0 bridgehead atoms. The number of hydrogen-bond donors (Lipinski definition) is 1. The maximum Gasteiger partial charge on any atom is 0.416 e. The van der Waals surface area contributed by atoms with Gasteiger partial charge in [0.05, 0.1) is 11.5 Å². The van der Waals surface area contributed by atoms with Gasteiger partial charge in [0.1, 0.15) is 0 Å². The zero-order valence-electron chi connectivity index (χ0n) is 13.5. The summed E-state index contributed by atoms with van der Waals surface area (Å²) in [7, 11) is 0. The molecule has 1 saturated heterocycles. The number of rotatable bonds is 4. The van der Waals surface area contributed by atoms with Crippen molar-refractivity contribution in [3.05, 3.63) is 53.9 Å². The molecule has 0 aliphatic carbocycles. The van der Waals surface area contributed by atoms with Gasteiger partial charge in [0.15, 0.2) is 0 Å². The van der Waals surface area contributed by atoms with Crippen LogP contribution in [0.5, 0.6) is 0 Å². The molecular weight excluding hydrogens is 333 g/mol. The monoisotopic (exact) mass is 352 g/mol. The van der Waals surface area contributed by atoms with E-state index in [-0.39, 0.29) is 5.92 Å². The van der Waals surface area contributed by atoms with Crippen LogP contribution in [0.3, 0.4) is 0 Å². The summed E-state index contributed by atoms with van der Waals surface area (Å²) in [5.41, 5.74) is 1.06. The van der Waals surface area contributed by atoms with Crippen molar-refractivity contribution >= 4 is 5.97 Å². The molecule has 0 unspecified atom stereocenters. The first-order valence-corrected chi connectivity index (χ1v) is 8.12. The molecule has 1 aromatic heterocycles. The molecule has 1 aliphatic heterocycles. The van der Waals surface area contributed by atoms with Crippen molar-refractivity contribution in [3.63, 3.8) is 0 Å². The van der Waals surface area contributed by atoms with Crippen LogP contribution >= 0.6 is 0 Å².